The second-order valence-electron chi connectivity index (χ2n) is 3.36. The summed E-state index contributed by atoms with van der Waals surface area (Å²) in [6.45, 7) is 1.47. The van der Waals surface area contributed by atoms with Crippen molar-refractivity contribution in [2.24, 2.45) is 0 Å². The fourth-order valence-electron chi connectivity index (χ4n) is 1.13. The van der Waals surface area contributed by atoms with Gasteiger partial charge in [0.2, 0.25) is 0 Å². The third-order valence-electron chi connectivity index (χ3n) is 1.93. The lowest BCUT2D eigenvalue weighted by molar-refractivity contribution is 0.0584. The number of hydrogen-bond donors (Lipinski definition) is 0. The van der Waals surface area contributed by atoms with E-state index >= 15 is 0 Å². The lowest BCUT2D eigenvalue weighted by Gasteiger charge is -2.11. The van der Waals surface area contributed by atoms with E-state index in [0.717, 1.165) is 6.54 Å². The van der Waals surface area contributed by atoms with Crippen LogP contribution in [0.3, 0.4) is 0 Å². The molecule has 0 bridgehead atoms. The highest BCUT2D eigenvalue weighted by Gasteiger charge is 2.17. The van der Waals surface area contributed by atoms with Crippen LogP contribution >= 0.6 is 15.9 Å². The number of hydrogen-bond acceptors (Lipinski definition) is 4. The van der Waals surface area contributed by atoms with Crippen LogP contribution in [0.4, 0.5) is 0 Å². The molecule has 1 aromatic heterocycles. The fraction of sp³-hybridized carbons (Fsp3) is 0.556. The minimum absolute atomic E-state index is 0.377. The molecule has 1 rings (SSSR count). The molecule has 0 aliphatic rings. The average molecular weight is 276 g/mol. The van der Waals surface area contributed by atoms with Crippen molar-refractivity contribution in [2.45, 2.75) is 6.54 Å². The zero-order valence-electron chi connectivity index (χ0n) is 9.03. The summed E-state index contributed by atoms with van der Waals surface area (Å²) in [5, 5.41) is 4.10. The van der Waals surface area contributed by atoms with Crippen LogP contribution in [0, 0.1) is 0 Å². The van der Waals surface area contributed by atoms with Crippen LogP contribution in [0.2, 0.25) is 0 Å². The summed E-state index contributed by atoms with van der Waals surface area (Å²) in [4.78, 5) is 13.5. The number of carbonyl (C=O) groups is 1. The first kappa shape index (κ1) is 12.2. The Kier molecular flexibility index (Phi) is 4.28. The van der Waals surface area contributed by atoms with E-state index in [1.54, 1.807) is 10.9 Å². The monoisotopic (exact) mass is 275 g/mol. The number of halogens is 1. The molecule has 1 heterocycles. The molecule has 0 spiro atoms. The van der Waals surface area contributed by atoms with Gasteiger partial charge in [-0.3, -0.25) is 4.68 Å². The summed E-state index contributed by atoms with van der Waals surface area (Å²) in [6.07, 6.45) is 1.60. The third-order valence-corrected chi connectivity index (χ3v) is 2.51. The van der Waals surface area contributed by atoms with Gasteiger partial charge in [-0.25, -0.2) is 4.79 Å². The van der Waals surface area contributed by atoms with Gasteiger partial charge in [0.15, 0.2) is 5.69 Å². The first-order valence-electron chi connectivity index (χ1n) is 4.50. The molecule has 0 saturated heterocycles. The SMILES string of the molecule is COC(=O)c1c(Br)cnn1CCN(C)C. The Balaban J connectivity index is 2.84. The van der Waals surface area contributed by atoms with Crippen molar-refractivity contribution in [3.8, 4) is 0 Å². The highest BCUT2D eigenvalue weighted by atomic mass is 79.9. The van der Waals surface area contributed by atoms with Gasteiger partial charge in [0.25, 0.3) is 0 Å². The maximum atomic E-state index is 11.4. The summed E-state index contributed by atoms with van der Waals surface area (Å²) in [5.41, 5.74) is 0.458. The van der Waals surface area contributed by atoms with E-state index in [1.165, 1.54) is 7.11 Å². The quantitative estimate of drug-likeness (QED) is 0.770. The molecule has 0 aliphatic carbocycles. The third kappa shape index (κ3) is 3.04. The second-order valence-corrected chi connectivity index (χ2v) is 4.21. The van der Waals surface area contributed by atoms with Gasteiger partial charge in [-0.05, 0) is 30.0 Å². The average Bonchev–Trinajstić information content (AvgIpc) is 2.55. The minimum Gasteiger partial charge on any atom is -0.464 e. The molecule has 84 valence electrons. The Morgan fingerprint density at radius 3 is 2.87 bits per heavy atom. The Hall–Kier alpha value is -0.880. The lowest BCUT2D eigenvalue weighted by atomic mass is 10.4. The van der Waals surface area contributed by atoms with E-state index in [4.69, 9.17) is 0 Å². The zero-order valence-corrected chi connectivity index (χ0v) is 10.6. The molecule has 0 fully saturated rings. The number of ether oxygens (including phenoxy) is 1. The number of likely N-dealkylation sites (N-methyl/N-ethyl adjacent to an activating group) is 1. The van der Waals surface area contributed by atoms with E-state index in [2.05, 4.69) is 25.8 Å². The minimum atomic E-state index is -0.377. The topological polar surface area (TPSA) is 47.4 Å². The molecule has 0 aliphatic heterocycles. The lowest BCUT2D eigenvalue weighted by Crippen LogP contribution is -2.21. The molecule has 0 aromatic carbocycles. The van der Waals surface area contributed by atoms with Crippen LogP contribution in [0.5, 0.6) is 0 Å². The molecule has 15 heavy (non-hydrogen) atoms. The molecule has 0 unspecified atom stereocenters. The molecule has 0 saturated carbocycles. The Labute approximate surface area is 97.1 Å². The second kappa shape index (κ2) is 5.27. The van der Waals surface area contributed by atoms with Crippen molar-refractivity contribution in [1.29, 1.82) is 0 Å². The predicted molar refractivity (Wildman–Crippen MR) is 59.8 cm³/mol. The molecule has 0 N–H and O–H groups in total. The number of aromatic nitrogens is 2. The zero-order chi connectivity index (χ0) is 11.4. The van der Waals surface area contributed by atoms with Gasteiger partial charge in [-0.1, -0.05) is 0 Å². The van der Waals surface area contributed by atoms with Gasteiger partial charge >= 0.3 is 5.97 Å². The summed E-state index contributed by atoms with van der Waals surface area (Å²) < 4.78 is 6.97. The highest BCUT2D eigenvalue weighted by molar-refractivity contribution is 9.10. The van der Waals surface area contributed by atoms with Crippen LogP contribution in [0.1, 0.15) is 10.5 Å². The van der Waals surface area contributed by atoms with Crippen LogP contribution in [-0.4, -0.2) is 48.4 Å². The van der Waals surface area contributed by atoms with Crippen LogP contribution in [-0.2, 0) is 11.3 Å². The first-order chi connectivity index (χ1) is 7.06. The molecule has 1 aromatic rings. The van der Waals surface area contributed by atoms with Crippen molar-refractivity contribution >= 4 is 21.9 Å². The standard InChI is InChI=1S/C9H14BrN3O2/c1-12(2)4-5-13-8(9(14)15-3)7(10)6-11-13/h6H,4-5H2,1-3H3. The van der Waals surface area contributed by atoms with E-state index in [0.29, 0.717) is 16.7 Å². The Morgan fingerprint density at radius 1 is 1.67 bits per heavy atom. The number of nitrogens with zero attached hydrogens (tertiary/aromatic N) is 3. The maximum absolute atomic E-state index is 11.4. The van der Waals surface area contributed by atoms with E-state index in [9.17, 15) is 4.79 Å². The van der Waals surface area contributed by atoms with Crippen molar-refractivity contribution in [2.75, 3.05) is 27.7 Å². The number of rotatable bonds is 4. The summed E-state index contributed by atoms with van der Waals surface area (Å²) in [5.74, 6) is -0.377. The van der Waals surface area contributed by atoms with Crippen LogP contribution in [0.15, 0.2) is 10.7 Å². The highest BCUT2D eigenvalue weighted by Crippen LogP contribution is 2.16. The largest absolute Gasteiger partial charge is 0.464 e. The molecule has 6 heteroatoms. The van der Waals surface area contributed by atoms with Crippen molar-refractivity contribution in [1.82, 2.24) is 14.7 Å². The summed E-state index contributed by atoms with van der Waals surface area (Å²) >= 11 is 3.27. The predicted octanol–water partition coefficient (Wildman–Crippen LogP) is 0.994. The normalized spacial score (nSPS) is 10.7. The maximum Gasteiger partial charge on any atom is 0.357 e. The van der Waals surface area contributed by atoms with Crippen LogP contribution in [0.25, 0.3) is 0 Å². The summed E-state index contributed by atoms with van der Waals surface area (Å²) in [6, 6.07) is 0. The van der Waals surface area contributed by atoms with Gasteiger partial charge in [0.05, 0.1) is 24.3 Å². The smallest absolute Gasteiger partial charge is 0.357 e. The number of methoxy groups -OCH3 is 1. The van der Waals surface area contributed by atoms with Gasteiger partial charge < -0.3 is 9.64 Å². The van der Waals surface area contributed by atoms with Crippen molar-refractivity contribution in [3.63, 3.8) is 0 Å². The molecule has 0 radical (unpaired) electrons. The molecule has 0 amide bonds. The van der Waals surface area contributed by atoms with Crippen LogP contribution < -0.4 is 0 Å². The van der Waals surface area contributed by atoms with Gasteiger partial charge in [-0.2, -0.15) is 5.10 Å². The van der Waals surface area contributed by atoms with Gasteiger partial charge in [-0.15, -0.1) is 0 Å². The molecular weight excluding hydrogens is 262 g/mol. The first-order valence-corrected chi connectivity index (χ1v) is 5.30. The Bertz CT molecular complexity index is 349. The van der Waals surface area contributed by atoms with Gasteiger partial charge in [0, 0.05) is 6.54 Å². The van der Waals surface area contributed by atoms with E-state index in [-0.39, 0.29) is 5.97 Å². The van der Waals surface area contributed by atoms with Gasteiger partial charge in [0.1, 0.15) is 0 Å². The van der Waals surface area contributed by atoms with E-state index < -0.39 is 0 Å². The molecule has 5 nitrogen and oxygen atoms in total. The number of carbonyl (C=O) groups excluding carboxylic acids is 1. The molecule has 0 atom stereocenters. The van der Waals surface area contributed by atoms with Crippen molar-refractivity contribution < 1.29 is 9.53 Å². The molecular formula is C9H14BrN3O2. The number of esters is 1. The van der Waals surface area contributed by atoms with E-state index in [1.807, 2.05) is 19.0 Å². The Morgan fingerprint density at radius 2 is 2.33 bits per heavy atom. The summed E-state index contributed by atoms with van der Waals surface area (Å²) in [7, 11) is 5.30. The van der Waals surface area contributed by atoms with Crippen molar-refractivity contribution in [3.05, 3.63) is 16.4 Å². The fourth-order valence-corrected chi connectivity index (χ4v) is 1.58.